The molecular formula is C11H23IN4O2. The van der Waals surface area contributed by atoms with Gasteiger partial charge in [-0.15, -0.1) is 24.0 Å². The smallest absolute Gasteiger partial charge is 0.246 e. The van der Waals surface area contributed by atoms with Crippen molar-refractivity contribution in [2.24, 2.45) is 10.7 Å². The Morgan fingerprint density at radius 1 is 1.28 bits per heavy atom. The Bertz CT molecular complexity index is 297. The molecule has 1 aliphatic rings. The fourth-order valence-electron chi connectivity index (χ4n) is 1.92. The quantitative estimate of drug-likeness (QED) is 0.435. The SMILES string of the molecule is CN(C)C(=NCC1CCC(C(N)=O)O1)N(C)C.I. The summed E-state index contributed by atoms with van der Waals surface area (Å²) >= 11 is 0. The first kappa shape index (κ1) is 17.4. The molecule has 0 saturated carbocycles. The highest BCUT2D eigenvalue weighted by atomic mass is 127. The molecule has 0 aromatic heterocycles. The van der Waals surface area contributed by atoms with Gasteiger partial charge in [-0.25, -0.2) is 0 Å². The van der Waals surface area contributed by atoms with Crippen molar-refractivity contribution in [3.8, 4) is 0 Å². The van der Waals surface area contributed by atoms with Gasteiger partial charge in [0.25, 0.3) is 0 Å². The van der Waals surface area contributed by atoms with Gasteiger partial charge in [0.2, 0.25) is 5.91 Å². The van der Waals surface area contributed by atoms with E-state index in [1.807, 2.05) is 38.0 Å². The van der Waals surface area contributed by atoms with Gasteiger partial charge in [0.05, 0.1) is 12.6 Å². The summed E-state index contributed by atoms with van der Waals surface area (Å²) in [5.41, 5.74) is 5.20. The van der Waals surface area contributed by atoms with Gasteiger partial charge in [0.15, 0.2) is 5.96 Å². The van der Waals surface area contributed by atoms with Crippen molar-refractivity contribution in [3.05, 3.63) is 0 Å². The van der Waals surface area contributed by atoms with Crippen LogP contribution in [0.15, 0.2) is 4.99 Å². The zero-order valence-corrected chi connectivity index (χ0v) is 13.8. The third-order valence-electron chi connectivity index (χ3n) is 2.66. The number of rotatable bonds is 3. The van der Waals surface area contributed by atoms with Crippen LogP contribution >= 0.6 is 24.0 Å². The van der Waals surface area contributed by atoms with Crippen molar-refractivity contribution in [2.45, 2.75) is 25.0 Å². The third kappa shape index (κ3) is 4.97. The number of guanidine groups is 1. The molecule has 7 heteroatoms. The molecule has 2 N–H and O–H groups in total. The normalized spacial score (nSPS) is 22.0. The fourth-order valence-corrected chi connectivity index (χ4v) is 1.92. The van der Waals surface area contributed by atoms with Crippen LogP contribution in [0.25, 0.3) is 0 Å². The highest BCUT2D eigenvalue weighted by Crippen LogP contribution is 2.19. The number of primary amides is 1. The second kappa shape index (κ2) is 7.78. The summed E-state index contributed by atoms with van der Waals surface area (Å²) in [6.45, 7) is 0.565. The molecule has 2 unspecified atom stereocenters. The van der Waals surface area contributed by atoms with Gasteiger partial charge < -0.3 is 20.3 Å². The number of hydrogen-bond donors (Lipinski definition) is 1. The van der Waals surface area contributed by atoms with Crippen molar-refractivity contribution in [2.75, 3.05) is 34.7 Å². The number of nitrogens with zero attached hydrogens (tertiary/aromatic N) is 3. The molecule has 1 fully saturated rings. The van der Waals surface area contributed by atoms with Crippen molar-refractivity contribution in [1.82, 2.24) is 9.80 Å². The van der Waals surface area contributed by atoms with Crippen LogP contribution in [0.1, 0.15) is 12.8 Å². The van der Waals surface area contributed by atoms with E-state index in [-0.39, 0.29) is 36.0 Å². The lowest BCUT2D eigenvalue weighted by molar-refractivity contribution is -0.128. The third-order valence-corrected chi connectivity index (χ3v) is 2.66. The van der Waals surface area contributed by atoms with E-state index in [0.29, 0.717) is 13.0 Å². The van der Waals surface area contributed by atoms with Crippen LogP contribution < -0.4 is 5.73 Å². The molecule has 18 heavy (non-hydrogen) atoms. The van der Waals surface area contributed by atoms with Crippen LogP contribution in [-0.4, -0.2) is 68.6 Å². The van der Waals surface area contributed by atoms with Crippen LogP contribution in [0.3, 0.4) is 0 Å². The Labute approximate surface area is 126 Å². The van der Waals surface area contributed by atoms with E-state index in [2.05, 4.69) is 4.99 Å². The van der Waals surface area contributed by atoms with Gasteiger partial charge >= 0.3 is 0 Å². The average Bonchev–Trinajstić information content (AvgIpc) is 2.65. The lowest BCUT2D eigenvalue weighted by Crippen LogP contribution is -2.36. The molecule has 1 saturated heterocycles. The highest BCUT2D eigenvalue weighted by Gasteiger charge is 2.28. The van der Waals surface area contributed by atoms with Gasteiger partial charge in [-0.2, -0.15) is 0 Å². The number of nitrogens with two attached hydrogens (primary N) is 1. The number of hydrogen-bond acceptors (Lipinski definition) is 3. The summed E-state index contributed by atoms with van der Waals surface area (Å²) in [4.78, 5) is 19.3. The fraction of sp³-hybridized carbons (Fsp3) is 0.818. The highest BCUT2D eigenvalue weighted by molar-refractivity contribution is 14.0. The molecule has 1 heterocycles. The maximum Gasteiger partial charge on any atom is 0.246 e. The molecule has 0 aliphatic carbocycles. The zero-order chi connectivity index (χ0) is 13.0. The maximum atomic E-state index is 10.9. The minimum Gasteiger partial charge on any atom is -0.367 e. The van der Waals surface area contributed by atoms with E-state index in [4.69, 9.17) is 10.5 Å². The molecule has 1 aliphatic heterocycles. The van der Waals surface area contributed by atoms with Crippen molar-refractivity contribution in [3.63, 3.8) is 0 Å². The maximum absolute atomic E-state index is 10.9. The molecule has 106 valence electrons. The Morgan fingerprint density at radius 2 is 1.83 bits per heavy atom. The summed E-state index contributed by atoms with van der Waals surface area (Å²) < 4.78 is 5.51. The monoisotopic (exact) mass is 370 g/mol. The second-order valence-corrected chi connectivity index (χ2v) is 4.66. The number of carbonyl (C=O) groups excluding carboxylic acids is 1. The predicted molar refractivity (Wildman–Crippen MR) is 82.2 cm³/mol. The van der Waals surface area contributed by atoms with Crippen LogP contribution in [-0.2, 0) is 9.53 Å². The topological polar surface area (TPSA) is 71.2 Å². The van der Waals surface area contributed by atoms with Crippen LogP contribution in [0, 0.1) is 0 Å². The molecular weight excluding hydrogens is 347 g/mol. The first-order valence-corrected chi connectivity index (χ1v) is 5.75. The van der Waals surface area contributed by atoms with Crippen LogP contribution in [0.4, 0.5) is 0 Å². The summed E-state index contributed by atoms with van der Waals surface area (Å²) in [5.74, 6) is 0.507. The molecule has 2 atom stereocenters. The van der Waals surface area contributed by atoms with E-state index in [1.54, 1.807) is 0 Å². The largest absolute Gasteiger partial charge is 0.367 e. The molecule has 0 radical (unpaired) electrons. The lowest BCUT2D eigenvalue weighted by Gasteiger charge is -2.23. The summed E-state index contributed by atoms with van der Waals surface area (Å²) in [6, 6.07) is 0. The van der Waals surface area contributed by atoms with Gasteiger partial charge in [0.1, 0.15) is 6.10 Å². The van der Waals surface area contributed by atoms with E-state index in [0.717, 1.165) is 12.4 Å². The Kier molecular flexibility index (Phi) is 7.53. The minimum absolute atomic E-state index is 0. The van der Waals surface area contributed by atoms with E-state index >= 15 is 0 Å². The molecule has 1 rings (SSSR count). The minimum atomic E-state index is -0.433. The van der Waals surface area contributed by atoms with Gasteiger partial charge in [-0.05, 0) is 12.8 Å². The number of ether oxygens (including phenoxy) is 1. The van der Waals surface area contributed by atoms with E-state index in [1.165, 1.54) is 0 Å². The lowest BCUT2D eigenvalue weighted by atomic mass is 10.2. The second-order valence-electron chi connectivity index (χ2n) is 4.66. The molecule has 6 nitrogen and oxygen atoms in total. The van der Waals surface area contributed by atoms with Gasteiger partial charge in [0, 0.05) is 28.2 Å². The average molecular weight is 370 g/mol. The molecule has 0 spiro atoms. The Balaban J connectivity index is 0.00000289. The standard InChI is InChI=1S/C11H22N4O2.HI/c1-14(2)11(15(3)4)13-7-8-5-6-9(17-8)10(12)16;/h8-9H,5-7H2,1-4H3,(H2,12,16);1H. The van der Waals surface area contributed by atoms with Crippen molar-refractivity contribution in [1.29, 1.82) is 0 Å². The first-order valence-electron chi connectivity index (χ1n) is 5.75. The van der Waals surface area contributed by atoms with Gasteiger partial charge in [-0.1, -0.05) is 0 Å². The van der Waals surface area contributed by atoms with Crippen molar-refractivity contribution >= 4 is 35.8 Å². The number of halogens is 1. The molecule has 0 aromatic carbocycles. The van der Waals surface area contributed by atoms with E-state index < -0.39 is 6.10 Å². The Morgan fingerprint density at radius 3 is 2.22 bits per heavy atom. The number of amides is 1. The van der Waals surface area contributed by atoms with Crippen molar-refractivity contribution < 1.29 is 9.53 Å². The number of carbonyl (C=O) groups is 1. The Hall–Kier alpha value is -0.570. The van der Waals surface area contributed by atoms with Crippen LogP contribution in [0.2, 0.25) is 0 Å². The number of aliphatic imine (C=N–C) groups is 1. The first-order chi connectivity index (χ1) is 7.91. The van der Waals surface area contributed by atoms with Crippen LogP contribution in [0.5, 0.6) is 0 Å². The zero-order valence-electron chi connectivity index (χ0n) is 11.4. The van der Waals surface area contributed by atoms with E-state index in [9.17, 15) is 4.79 Å². The molecule has 1 amide bonds. The summed E-state index contributed by atoms with van der Waals surface area (Å²) in [5, 5.41) is 0. The van der Waals surface area contributed by atoms with Gasteiger partial charge in [-0.3, -0.25) is 9.79 Å². The molecule has 0 aromatic rings. The summed E-state index contributed by atoms with van der Waals surface area (Å²) in [7, 11) is 7.78. The predicted octanol–water partition coefficient (Wildman–Crippen LogP) is 0.117. The molecule has 0 bridgehead atoms. The summed E-state index contributed by atoms with van der Waals surface area (Å²) in [6.07, 6.45) is 1.11.